The fourth-order valence-corrected chi connectivity index (χ4v) is 4.12. The van der Waals surface area contributed by atoms with Crippen LogP contribution in [0.4, 0.5) is 0 Å². The number of carbonyl (C=O) groups excluding carboxylic acids is 1. The van der Waals surface area contributed by atoms with Gasteiger partial charge >= 0.3 is 0 Å². The molecule has 1 amide bonds. The molecule has 0 bridgehead atoms. The van der Waals surface area contributed by atoms with Gasteiger partial charge in [0.2, 0.25) is 0 Å². The third-order valence-corrected chi connectivity index (χ3v) is 5.75. The number of ether oxygens (including phenoxy) is 1. The summed E-state index contributed by atoms with van der Waals surface area (Å²) in [5.41, 5.74) is 3.72. The molecule has 2 aromatic carbocycles. The molecule has 0 atom stereocenters. The Morgan fingerprint density at radius 2 is 1.82 bits per heavy atom. The van der Waals surface area contributed by atoms with Crippen LogP contribution >= 0.6 is 0 Å². The molecule has 4 nitrogen and oxygen atoms in total. The third kappa shape index (κ3) is 3.72. The van der Waals surface area contributed by atoms with Gasteiger partial charge in [0.15, 0.2) is 0 Å². The van der Waals surface area contributed by atoms with Crippen LogP contribution in [0.1, 0.15) is 34.5 Å². The predicted octanol–water partition coefficient (Wildman–Crippen LogP) is 4.65. The molecule has 4 heteroatoms. The summed E-state index contributed by atoms with van der Waals surface area (Å²) >= 11 is 0. The number of aryl methyl sites for hydroxylation is 1. The van der Waals surface area contributed by atoms with Crippen LogP contribution in [0.25, 0.3) is 10.9 Å². The second kappa shape index (κ2) is 8.01. The van der Waals surface area contributed by atoms with Gasteiger partial charge in [-0.05, 0) is 55.9 Å². The molecule has 0 radical (unpaired) electrons. The van der Waals surface area contributed by atoms with Gasteiger partial charge in [0.25, 0.3) is 5.91 Å². The van der Waals surface area contributed by atoms with Gasteiger partial charge in [0.1, 0.15) is 5.75 Å². The van der Waals surface area contributed by atoms with Crippen molar-refractivity contribution in [2.45, 2.75) is 26.2 Å². The average Bonchev–Trinajstić information content (AvgIpc) is 2.73. The molecule has 1 saturated heterocycles. The number of nitrogens with zero attached hydrogens (tertiary/aromatic N) is 2. The van der Waals surface area contributed by atoms with E-state index >= 15 is 0 Å². The SMILES string of the molecule is COc1ccccc1CC1CCN(C(=O)c2cc3ccccc3nc2C)CC1. The van der Waals surface area contributed by atoms with Crippen LogP contribution in [0.15, 0.2) is 54.6 Å². The van der Waals surface area contributed by atoms with Gasteiger partial charge in [-0.3, -0.25) is 9.78 Å². The lowest BCUT2D eigenvalue weighted by Crippen LogP contribution is -2.39. The highest BCUT2D eigenvalue weighted by Crippen LogP contribution is 2.28. The highest BCUT2D eigenvalue weighted by atomic mass is 16.5. The van der Waals surface area contributed by atoms with Gasteiger partial charge in [0.05, 0.1) is 23.9 Å². The number of hydrogen-bond acceptors (Lipinski definition) is 3. The zero-order valence-electron chi connectivity index (χ0n) is 16.5. The van der Waals surface area contributed by atoms with E-state index in [0.717, 1.165) is 60.3 Å². The van der Waals surface area contributed by atoms with E-state index < -0.39 is 0 Å². The van der Waals surface area contributed by atoms with Crippen molar-refractivity contribution >= 4 is 16.8 Å². The van der Waals surface area contributed by atoms with Crippen molar-refractivity contribution < 1.29 is 9.53 Å². The van der Waals surface area contributed by atoms with Crippen molar-refractivity contribution in [2.24, 2.45) is 5.92 Å². The van der Waals surface area contributed by atoms with Gasteiger partial charge in [-0.1, -0.05) is 36.4 Å². The normalized spacial score (nSPS) is 15.0. The molecule has 0 spiro atoms. The molecular weight excluding hydrogens is 348 g/mol. The van der Waals surface area contributed by atoms with E-state index in [0.29, 0.717) is 5.92 Å². The van der Waals surface area contributed by atoms with Gasteiger partial charge in [-0.15, -0.1) is 0 Å². The largest absolute Gasteiger partial charge is 0.496 e. The van der Waals surface area contributed by atoms with Crippen molar-refractivity contribution in [3.63, 3.8) is 0 Å². The van der Waals surface area contributed by atoms with E-state index in [1.807, 2.05) is 54.3 Å². The molecular formula is C24H26N2O2. The molecule has 2 heterocycles. The van der Waals surface area contributed by atoms with Crippen molar-refractivity contribution in [1.82, 2.24) is 9.88 Å². The molecule has 0 aliphatic carbocycles. The van der Waals surface area contributed by atoms with Crippen molar-refractivity contribution in [1.29, 1.82) is 0 Å². The first kappa shape index (κ1) is 18.5. The molecule has 144 valence electrons. The number of benzene rings is 2. The zero-order chi connectivity index (χ0) is 19.5. The molecule has 0 saturated carbocycles. The number of aromatic nitrogens is 1. The lowest BCUT2D eigenvalue weighted by atomic mass is 9.89. The predicted molar refractivity (Wildman–Crippen MR) is 112 cm³/mol. The summed E-state index contributed by atoms with van der Waals surface area (Å²) in [6.45, 7) is 3.52. The number of rotatable bonds is 4. The number of fused-ring (bicyclic) bond motifs is 1. The summed E-state index contributed by atoms with van der Waals surface area (Å²) in [5.74, 6) is 1.64. The number of amides is 1. The second-order valence-corrected chi connectivity index (χ2v) is 7.57. The Morgan fingerprint density at radius 1 is 1.11 bits per heavy atom. The van der Waals surface area contributed by atoms with Crippen LogP contribution in [-0.2, 0) is 6.42 Å². The molecule has 1 aliphatic heterocycles. The Balaban J connectivity index is 1.44. The van der Waals surface area contributed by atoms with Gasteiger partial charge in [0, 0.05) is 18.5 Å². The number of piperidine rings is 1. The first-order valence-corrected chi connectivity index (χ1v) is 9.93. The van der Waals surface area contributed by atoms with Crippen LogP contribution < -0.4 is 4.74 Å². The Morgan fingerprint density at radius 3 is 2.61 bits per heavy atom. The highest BCUT2D eigenvalue weighted by molar-refractivity contribution is 5.98. The van der Waals surface area contributed by atoms with Crippen molar-refractivity contribution in [3.05, 3.63) is 71.4 Å². The number of para-hydroxylation sites is 2. The third-order valence-electron chi connectivity index (χ3n) is 5.75. The molecule has 28 heavy (non-hydrogen) atoms. The maximum Gasteiger partial charge on any atom is 0.255 e. The quantitative estimate of drug-likeness (QED) is 0.668. The monoisotopic (exact) mass is 374 g/mol. The summed E-state index contributed by atoms with van der Waals surface area (Å²) in [6, 6.07) is 18.2. The Labute approximate surface area is 166 Å². The smallest absolute Gasteiger partial charge is 0.255 e. The van der Waals surface area contributed by atoms with Gasteiger partial charge < -0.3 is 9.64 Å². The van der Waals surface area contributed by atoms with E-state index in [2.05, 4.69) is 17.1 Å². The van der Waals surface area contributed by atoms with Crippen LogP contribution in [0.2, 0.25) is 0 Å². The first-order chi connectivity index (χ1) is 13.7. The Kier molecular flexibility index (Phi) is 5.29. The standard InChI is InChI=1S/C24H26N2O2/c1-17-21(16-19-7-3-5-9-22(19)25-17)24(27)26-13-11-18(12-14-26)15-20-8-4-6-10-23(20)28-2/h3-10,16,18H,11-15H2,1-2H3. The summed E-state index contributed by atoms with van der Waals surface area (Å²) in [5, 5.41) is 1.02. The molecule has 1 aromatic heterocycles. The summed E-state index contributed by atoms with van der Waals surface area (Å²) < 4.78 is 5.48. The van der Waals surface area contributed by atoms with Gasteiger partial charge in [-0.25, -0.2) is 0 Å². The number of carbonyl (C=O) groups is 1. The number of likely N-dealkylation sites (tertiary alicyclic amines) is 1. The maximum absolute atomic E-state index is 13.1. The summed E-state index contributed by atoms with van der Waals surface area (Å²) in [6.07, 6.45) is 3.04. The summed E-state index contributed by atoms with van der Waals surface area (Å²) in [7, 11) is 1.72. The lowest BCUT2D eigenvalue weighted by molar-refractivity contribution is 0.0689. The average molecular weight is 374 g/mol. The molecule has 3 aromatic rings. The van der Waals surface area contributed by atoms with E-state index in [1.165, 1.54) is 5.56 Å². The molecule has 1 aliphatic rings. The second-order valence-electron chi connectivity index (χ2n) is 7.57. The molecule has 0 unspecified atom stereocenters. The van der Waals surface area contributed by atoms with E-state index in [1.54, 1.807) is 7.11 Å². The van der Waals surface area contributed by atoms with Crippen LogP contribution in [0.3, 0.4) is 0 Å². The topological polar surface area (TPSA) is 42.4 Å². The molecule has 0 N–H and O–H groups in total. The number of hydrogen-bond donors (Lipinski definition) is 0. The lowest BCUT2D eigenvalue weighted by Gasteiger charge is -2.32. The minimum Gasteiger partial charge on any atom is -0.496 e. The Bertz CT molecular complexity index is 991. The van der Waals surface area contributed by atoms with E-state index in [9.17, 15) is 4.79 Å². The van der Waals surface area contributed by atoms with Crippen LogP contribution in [-0.4, -0.2) is 36.0 Å². The number of pyridine rings is 1. The summed E-state index contributed by atoms with van der Waals surface area (Å²) in [4.78, 5) is 19.7. The zero-order valence-corrected chi connectivity index (χ0v) is 16.5. The first-order valence-electron chi connectivity index (χ1n) is 9.93. The van der Waals surface area contributed by atoms with E-state index in [-0.39, 0.29) is 5.91 Å². The maximum atomic E-state index is 13.1. The Hall–Kier alpha value is -2.88. The molecule has 1 fully saturated rings. The fourth-order valence-electron chi connectivity index (χ4n) is 4.12. The minimum atomic E-state index is 0.103. The van der Waals surface area contributed by atoms with Crippen LogP contribution in [0, 0.1) is 12.8 Å². The highest BCUT2D eigenvalue weighted by Gasteiger charge is 2.25. The van der Waals surface area contributed by atoms with E-state index in [4.69, 9.17) is 4.74 Å². The van der Waals surface area contributed by atoms with Crippen molar-refractivity contribution in [2.75, 3.05) is 20.2 Å². The number of methoxy groups -OCH3 is 1. The van der Waals surface area contributed by atoms with Crippen molar-refractivity contribution in [3.8, 4) is 5.75 Å². The molecule has 4 rings (SSSR count). The fraction of sp³-hybridized carbons (Fsp3) is 0.333. The van der Waals surface area contributed by atoms with Gasteiger partial charge in [-0.2, -0.15) is 0 Å². The minimum absolute atomic E-state index is 0.103. The van der Waals surface area contributed by atoms with Crippen LogP contribution in [0.5, 0.6) is 5.75 Å².